The molecule has 0 rings (SSSR count). The zero-order chi connectivity index (χ0) is 35.3. The normalized spacial score (nSPS) is 18.2. The maximum absolute atomic E-state index is 10.9. The fraction of sp³-hybridized carbons (Fsp3) is 0.757. The molecule has 46 heavy (non-hydrogen) atoms. The van der Waals surface area contributed by atoms with Gasteiger partial charge in [0.15, 0.2) is 8.32 Å². The molecule has 0 unspecified atom stereocenters. The van der Waals surface area contributed by atoms with Gasteiger partial charge in [-0.15, -0.1) is 11.8 Å². The summed E-state index contributed by atoms with van der Waals surface area (Å²) in [6, 6.07) is 0. The first-order valence-corrected chi connectivity index (χ1v) is 21.2. The van der Waals surface area contributed by atoms with E-state index < -0.39 is 14.3 Å². The van der Waals surface area contributed by atoms with Gasteiger partial charge in [-0.1, -0.05) is 78.0 Å². The molecule has 7 atom stereocenters. The number of carboxylic acid groups (broad SMARTS) is 1. The minimum absolute atomic E-state index is 0.00221. The molecule has 7 nitrogen and oxygen atoms in total. The summed E-state index contributed by atoms with van der Waals surface area (Å²) in [4.78, 5) is 10.9. The van der Waals surface area contributed by atoms with Crippen LogP contribution < -0.4 is 0 Å². The Bertz CT molecular complexity index is 940. The van der Waals surface area contributed by atoms with Crippen molar-refractivity contribution < 1.29 is 33.6 Å². The van der Waals surface area contributed by atoms with Gasteiger partial charge < -0.3 is 28.8 Å². The van der Waals surface area contributed by atoms with Crippen LogP contribution >= 0.6 is 11.8 Å². The highest BCUT2D eigenvalue weighted by Gasteiger charge is 2.42. The molecule has 0 amide bonds. The summed E-state index contributed by atoms with van der Waals surface area (Å²) in [6.07, 6.45) is 19.9. The minimum atomic E-state index is -2.09. The lowest BCUT2D eigenvalue weighted by molar-refractivity contribution is -0.131. The summed E-state index contributed by atoms with van der Waals surface area (Å²) in [5.41, 5.74) is 1.25. The van der Waals surface area contributed by atoms with E-state index in [0.717, 1.165) is 31.8 Å². The molecule has 0 aromatic carbocycles. The quantitative estimate of drug-likeness (QED) is 0.0324. The zero-order valence-electron chi connectivity index (χ0n) is 31.1. The van der Waals surface area contributed by atoms with Gasteiger partial charge in [0.1, 0.15) is 0 Å². The molecule has 0 fully saturated rings. The van der Waals surface area contributed by atoms with E-state index in [1.54, 1.807) is 38.1 Å². The number of ether oxygens (including phenoxy) is 3. The summed E-state index contributed by atoms with van der Waals surface area (Å²) in [6.45, 7) is 20.6. The predicted octanol–water partition coefficient (Wildman–Crippen LogP) is 9.05. The molecule has 0 bridgehead atoms. The van der Waals surface area contributed by atoms with Crippen LogP contribution in [0.5, 0.6) is 0 Å². The van der Waals surface area contributed by atoms with Crippen molar-refractivity contribution in [2.24, 2.45) is 17.8 Å². The number of thioether (sulfide) groups is 1. The second-order valence-corrected chi connectivity index (χ2v) is 19.8. The molecule has 0 heterocycles. The molecule has 0 aromatic heterocycles. The van der Waals surface area contributed by atoms with Crippen molar-refractivity contribution in [3.8, 4) is 0 Å². The molecule has 268 valence electrons. The zero-order valence-corrected chi connectivity index (χ0v) is 32.9. The SMILES string of the molecule is CO[C@@H](CC[C@@H](C)[C@@H](O[Si](C)(C)C(C)(C)C)[C@H](C)[C@@H](C/C=C/C=C/C(=O)O)OCSC)/C(C)=C/C[C@@H](C)C[C@H](/C=C/CCO)OC. The van der Waals surface area contributed by atoms with Crippen LogP contribution in [0.15, 0.2) is 48.1 Å². The molecular formula is C37H68O7SSi. The molecule has 0 radical (unpaired) electrons. The topological polar surface area (TPSA) is 94.5 Å². The maximum Gasteiger partial charge on any atom is 0.328 e. The third-order valence-electron chi connectivity index (χ3n) is 9.26. The summed E-state index contributed by atoms with van der Waals surface area (Å²) < 4.78 is 25.2. The summed E-state index contributed by atoms with van der Waals surface area (Å²) >= 11 is 1.66. The first-order valence-electron chi connectivity index (χ1n) is 16.9. The van der Waals surface area contributed by atoms with Crippen molar-refractivity contribution in [1.82, 2.24) is 0 Å². The Morgan fingerprint density at radius 3 is 2.22 bits per heavy atom. The van der Waals surface area contributed by atoms with Crippen LogP contribution in [0.4, 0.5) is 0 Å². The van der Waals surface area contributed by atoms with Gasteiger partial charge >= 0.3 is 5.97 Å². The number of hydrogen-bond acceptors (Lipinski definition) is 7. The lowest BCUT2D eigenvalue weighted by Gasteiger charge is -2.44. The Kier molecular flexibility index (Phi) is 23.4. The summed E-state index contributed by atoms with van der Waals surface area (Å²) in [5.74, 6) is 0.486. The summed E-state index contributed by atoms with van der Waals surface area (Å²) in [7, 11) is 1.44. The Hall–Kier alpha value is -1.20. The molecule has 0 aliphatic carbocycles. The number of hydrogen-bond donors (Lipinski definition) is 2. The lowest BCUT2D eigenvalue weighted by Crippen LogP contribution is -2.49. The van der Waals surface area contributed by atoms with Crippen LogP contribution in [0.3, 0.4) is 0 Å². The number of rotatable bonds is 25. The van der Waals surface area contributed by atoms with Crippen molar-refractivity contribution in [2.75, 3.05) is 33.0 Å². The van der Waals surface area contributed by atoms with E-state index in [1.807, 2.05) is 18.4 Å². The number of carboxylic acids is 1. The van der Waals surface area contributed by atoms with Gasteiger partial charge in [0, 0.05) is 32.8 Å². The van der Waals surface area contributed by atoms with Crippen molar-refractivity contribution in [1.29, 1.82) is 0 Å². The van der Waals surface area contributed by atoms with Crippen LogP contribution in [-0.4, -0.2) is 81.9 Å². The second kappa shape index (κ2) is 24.0. The second-order valence-electron chi connectivity index (χ2n) is 14.2. The van der Waals surface area contributed by atoms with Crippen molar-refractivity contribution in [3.63, 3.8) is 0 Å². The first-order chi connectivity index (χ1) is 21.5. The van der Waals surface area contributed by atoms with E-state index in [4.69, 9.17) is 28.8 Å². The van der Waals surface area contributed by atoms with Gasteiger partial charge in [-0.2, -0.15) is 0 Å². The van der Waals surface area contributed by atoms with E-state index in [1.165, 1.54) is 5.57 Å². The highest BCUT2D eigenvalue weighted by atomic mass is 32.2. The maximum atomic E-state index is 10.9. The Morgan fingerprint density at radius 2 is 1.67 bits per heavy atom. The first kappa shape index (κ1) is 44.8. The molecule has 0 aromatic rings. The van der Waals surface area contributed by atoms with E-state index >= 15 is 0 Å². The third-order valence-corrected chi connectivity index (χ3v) is 14.1. The van der Waals surface area contributed by atoms with Crippen molar-refractivity contribution >= 4 is 26.0 Å². The van der Waals surface area contributed by atoms with Gasteiger partial charge in [-0.05, 0) is 87.2 Å². The van der Waals surface area contributed by atoms with Crippen molar-refractivity contribution in [3.05, 3.63) is 48.1 Å². The van der Waals surface area contributed by atoms with E-state index in [-0.39, 0.29) is 47.9 Å². The summed E-state index contributed by atoms with van der Waals surface area (Å²) in [5, 5.41) is 18.0. The van der Waals surface area contributed by atoms with Crippen LogP contribution in [0.2, 0.25) is 18.1 Å². The molecule has 0 saturated carbocycles. The molecule has 2 N–H and O–H groups in total. The molecule has 9 heteroatoms. The average Bonchev–Trinajstić information content (AvgIpc) is 2.98. The van der Waals surface area contributed by atoms with E-state index in [2.05, 4.69) is 73.7 Å². The van der Waals surface area contributed by atoms with Crippen molar-refractivity contribution in [2.45, 2.75) is 130 Å². The van der Waals surface area contributed by atoms with E-state index in [0.29, 0.717) is 24.7 Å². The van der Waals surface area contributed by atoms with Gasteiger partial charge in [-0.3, -0.25) is 0 Å². The molecule has 0 spiro atoms. The number of aliphatic carboxylic acids is 1. The highest BCUT2D eigenvalue weighted by Crippen LogP contribution is 2.40. The number of methoxy groups -OCH3 is 2. The van der Waals surface area contributed by atoms with Gasteiger partial charge in [-0.25, -0.2) is 4.79 Å². The predicted molar refractivity (Wildman–Crippen MR) is 198 cm³/mol. The fourth-order valence-electron chi connectivity index (χ4n) is 5.19. The van der Waals surface area contributed by atoms with Gasteiger partial charge in [0.05, 0.1) is 30.4 Å². The monoisotopic (exact) mass is 684 g/mol. The van der Waals surface area contributed by atoms with Crippen LogP contribution in [0.1, 0.15) is 87.0 Å². The van der Waals surface area contributed by atoms with Gasteiger partial charge in [0.2, 0.25) is 0 Å². The fourth-order valence-corrected chi connectivity index (χ4v) is 6.98. The van der Waals surface area contributed by atoms with Crippen LogP contribution in [-0.2, 0) is 23.4 Å². The highest BCUT2D eigenvalue weighted by molar-refractivity contribution is 7.98. The largest absolute Gasteiger partial charge is 0.478 e. The Labute approximate surface area is 287 Å². The van der Waals surface area contributed by atoms with E-state index in [9.17, 15) is 4.79 Å². The Morgan fingerprint density at radius 1 is 1.00 bits per heavy atom. The number of carbonyl (C=O) groups is 1. The number of allylic oxidation sites excluding steroid dienone is 3. The molecule has 0 saturated heterocycles. The third kappa shape index (κ3) is 18.4. The van der Waals surface area contributed by atoms with Crippen LogP contribution in [0.25, 0.3) is 0 Å². The van der Waals surface area contributed by atoms with Gasteiger partial charge in [0.25, 0.3) is 0 Å². The molecule has 0 aliphatic heterocycles. The lowest BCUT2D eigenvalue weighted by atomic mass is 9.84. The van der Waals surface area contributed by atoms with Crippen LogP contribution in [0, 0.1) is 17.8 Å². The smallest absolute Gasteiger partial charge is 0.328 e. The average molecular weight is 685 g/mol. The number of aliphatic hydroxyl groups is 1. The minimum Gasteiger partial charge on any atom is -0.478 e. The standard InChI is InChI=1S/C37H68O7SSi/c1-28(26-32(41-8)18-16-17-25-38)21-22-29(2)33(42-9)24-23-30(3)36(44-46(11,12)37(5,6)7)31(4)34(43-27-45-10)19-14-13-15-20-35(39)40/h13-16,18,20,22,28,30-34,36,38H,17,19,21,23-27H2,1-12H3,(H,39,40)/b14-13+,18-16+,20-15+,29-22+/t28-,30-,31-,32+,33+,34-,36-/m1/s1. The molecule has 0 aliphatic rings. The molecular weight excluding hydrogens is 617 g/mol. The number of aliphatic hydroxyl groups excluding tert-OH is 1. The Balaban J connectivity index is 5.83.